The third kappa shape index (κ3) is 1.86. The fourth-order valence-corrected chi connectivity index (χ4v) is 1.31. The maximum atomic E-state index is 10.9. The van der Waals surface area contributed by atoms with Crippen LogP contribution < -0.4 is 15.8 Å². The second kappa shape index (κ2) is 3.57. The van der Waals surface area contributed by atoms with E-state index in [1.165, 1.54) is 12.3 Å². The highest BCUT2D eigenvalue weighted by Gasteiger charge is 2.13. The van der Waals surface area contributed by atoms with E-state index in [0.29, 0.717) is 6.01 Å². The number of aromatic nitrogens is 1. The summed E-state index contributed by atoms with van der Waals surface area (Å²) in [7, 11) is 0. The van der Waals surface area contributed by atoms with Crippen molar-refractivity contribution in [2.75, 3.05) is 31.1 Å². The van der Waals surface area contributed by atoms with Gasteiger partial charge in [-0.25, -0.2) is 0 Å². The predicted molar refractivity (Wildman–Crippen MR) is 47.9 cm³/mol. The van der Waals surface area contributed by atoms with Crippen molar-refractivity contribution in [3.8, 4) is 0 Å². The summed E-state index contributed by atoms with van der Waals surface area (Å²) in [5.41, 5.74) is -0.250. The van der Waals surface area contributed by atoms with Crippen molar-refractivity contribution in [1.29, 1.82) is 0 Å². The van der Waals surface area contributed by atoms with E-state index in [-0.39, 0.29) is 5.56 Å². The lowest BCUT2D eigenvalue weighted by molar-refractivity contribution is 0.477. The van der Waals surface area contributed by atoms with Crippen molar-refractivity contribution in [2.45, 2.75) is 0 Å². The molecule has 5 nitrogen and oxygen atoms in total. The lowest BCUT2D eigenvalue weighted by Gasteiger charge is -2.26. The molecule has 2 heterocycles. The summed E-state index contributed by atoms with van der Waals surface area (Å²) in [6, 6.07) is 1.74. The smallest absolute Gasteiger partial charge is 0.300 e. The van der Waals surface area contributed by atoms with Crippen molar-refractivity contribution >= 4 is 6.01 Å². The van der Waals surface area contributed by atoms with Crippen molar-refractivity contribution in [1.82, 2.24) is 10.3 Å². The number of piperazine rings is 1. The Hall–Kier alpha value is -1.36. The minimum absolute atomic E-state index is 0.250. The molecule has 0 amide bonds. The summed E-state index contributed by atoms with van der Waals surface area (Å²) < 4.78 is 5.13. The molecule has 1 saturated heterocycles. The number of anilines is 1. The maximum Gasteiger partial charge on any atom is 0.300 e. The van der Waals surface area contributed by atoms with Crippen LogP contribution in [0.2, 0.25) is 0 Å². The van der Waals surface area contributed by atoms with Crippen molar-refractivity contribution in [3.63, 3.8) is 0 Å². The van der Waals surface area contributed by atoms with E-state index in [4.69, 9.17) is 4.42 Å². The molecule has 0 spiro atoms. The number of rotatable bonds is 1. The highest BCUT2D eigenvalue weighted by Crippen LogP contribution is 2.07. The zero-order valence-corrected chi connectivity index (χ0v) is 7.19. The molecule has 1 fully saturated rings. The minimum atomic E-state index is -0.250. The van der Waals surface area contributed by atoms with Crippen LogP contribution in [-0.4, -0.2) is 31.2 Å². The second-order valence-electron chi connectivity index (χ2n) is 2.89. The largest absolute Gasteiger partial charge is 0.433 e. The van der Waals surface area contributed by atoms with Crippen molar-refractivity contribution < 1.29 is 4.42 Å². The first kappa shape index (κ1) is 8.25. The van der Waals surface area contributed by atoms with E-state index in [2.05, 4.69) is 10.3 Å². The summed E-state index contributed by atoms with van der Waals surface area (Å²) in [6.45, 7) is 3.47. The lowest BCUT2D eigenvalue weighted by Crippen LogP contribution is -2.44. The summed E-state index contributed by atoms with van der Waals surface area (Å²) in [4.78, 5) is 16.6. The molecule has 0 unspecified atom stereocenters. The first-order valence-corrected chi connectivity index (χ1v) is 4.28. The molecule has 2 rings (SSSR count). The van der Waals surface area contributed by atoms with Crippen LogP contribution in [0.5, 0.6) is 0 Å². The van der Waals surface area contributed by atoms with Gasteiger partial charge in [0.25, 0.3) is 5.56 Å². The topological polar surface area (TPSA) is 58.4 Å². The van der Waals surface area contributed by atoms with Crippen LogP contribution in [-0.2, 0) is 0 Å². The van der Waals surface area contributed by atoms with Crippen LogP contribution >= 0.6 is 0 Å². The SMILES string of the molecule is O=c1ccoc(N2CCNCC2)n1. The standard InChI is InChI=1S/C8H11N3O2/c12-7-1-6-13-8(10-7)11-4-2-9-3-5-11/h1,6,9H,2-5H2. The predicted octanol–water partition coefficient (Wildman–Crippen LogP) is -0.556. The van der Waals surface area contributed by atoms with Gasteiger partial charge in [0.05, 0.1) is 0 Å². The first-order valence-electron chi connectivity index (χ1n) is 4.28. The Morgan fingerprint density at radius 1 is 1.46 bits per heavy atom. The highest BCUT2D eigenvalue weighted by molar-refractivity contribution is 5.25. The third-order valence-electron chi connectivity index (χ3n) is 1.98. The molecule has 0 saturated carbocycles. The minimum Gasteiger partial charge on any atom is -0.433 e. The molecule has 13 heavy (non-hydrogen) atoms. The molecule has 0 radical (unpaired) electrons. The van der Waals surface area contributed by atoms with Gasteiger partial charge in [-0.15, -0.1) is 0 Å². The Labute approximate surface area is 75.4 Å². The zero-order chi connectivity index (χ0) is 9.10. The van der Waals surface area contributed by atoms with E-state index in [9.17, 15) is 4.79 Å². The Kier molecular flexibility index (Phi) is 2.27. The lowest BCUT2D eigenvalue weighted by atomic mass is 10.4. The number of hydrogen-bond donors (Lipinski definition) is 1. The van der Waals surface area contributed by atoms with Crippen molar-refractivity contribution in [2.24, 2.45) is 0 Å². The van der Waals surface area contributed by atoms with Crippen LogP contribution in [0, 0.1) is 0 Å². The van der Waals surface area contributed by atoms with Crippen LogP contribution in [0.3, 0.4) is 0 Å². The number of nitrogens with one attached hydrogen (secondary N) is 1. The Morgan fingerprint density at radius 2 is 2.23 bits per heavy atom. The fraction of sp³-hybridized carbons (Fsp3) is 0.500. The van der Waals surface area contributed by atoms with Gasteiger partial charge in [-0.05, 0) is 0 Å². The summed E-state index contributed by atoms with van der Waals surface area (Å²) in [5.74, 6) is 0. The van der Waals surface area contributed by atoms with E-state index in [0.717, 1.165) is 26.2 Å². The number of nitrogens with zero attached hydrogens (tertiary/aromatic N) is 2. The molecule has 1 aromatic heterocycles. The Morgan fingerprint density at radius 3 is 2.92 bits per heavy atom. The zero-order valence-electron chi connectivity index (χ0n) is 7.19. The van der Waals surface area contributed by atoms with Gasteiger partial charge in [-0.3, -0.25) is 4.79 Å². The first-order chi connectivity index (χ1) is 6.36. The molecule has 0 atom stereocenters. The van der Waals surface area contributed by atoms with E-state index >= 15 is 0 Å². The van der Waals surface area contributed by atoms with Crippen molar-refractivity contribution in [3.05, 3.63) is 22.7 Å². The van der Waals surface area contributed by atoms with Gasteiger partial charge in [0.2, 0.25) is 0 Å². The molecule has 0 aromatic carbocycles. The average molecular weight is 181 g/mol. The third-order valence-corrected chi connectivity index (χ3v) is 1.98. The van der Waals surface area contributed by atoms with Gasteiger partial charge in [0, 0.05) is 32.2 Å². The second-order valence-corrected chi connectivity index (χ2v) is 2.89. The van der Waals surface area contributed by atoms with Crippen LogP contribution in [0.15, 0.2) is 21.5 Å². The molecule has 0 aliphatic carbocycles. The molecule has 1 aromatic rings. The fourth-order valence-electron chi connectivity index (χ4n) is 1.31. The van der Waals surface area contributed by atoms with Crippen LogP contribution in [0.4, 0.5) is 6.01 Å². The number of hydrogen-bond acceptors (Lipinski definition) is 5. The quantitative estimate of drug-likeness (QED) is 0.629. The maximum absolute atomic E-state index is 10.9. The van der Waals surface area contributed by atoms with Gasteiger partial charge in [-0.1, -0.05) is 0 Å². The van der Waals surface area contributed by atoms with Gasteiger partial charge < -0.3 is 14.6 Å². The average Bonchev–Trinajstić information content (AvgIpc) is 2.19. The molecule has 0 bridgehead atoms. The van der Waals surface area contributed by atoms with Gasteiger partial charge in [-0.2, -0.15) is 4.98 Å². The molecule has 70 valence electrons. The van der Waals surface area contributed by atoms with E-state index < -0.39 is 0 Å². The Balaban J connectivity index is 2.19. The highest BCUT2D eigenvalue weighted by atomic mass is 16.4. The molecule has 1 aliphatic heterocycles. The normalized spacial score (nSPS) is 17.4. The molecule has 5 heteroatoms. The van der Waals surface area contributed by atoms with Gasteiger partial charge in [0.15, 0.2) is 0 Å². The molecule has 1 aliphatic rings. The molecular weight excluding hydrogens is 170 g/mol. The van der Waals surface area contributed by atoms with E-state index in [1.54, 1.807) is 0 Å². The van der Waals surface area contributed by atoms with Gasteiger partial charge in [0.1, 0.15) is 6.26 Å². The Bertz CT molecular complexity index is 330. The van der Waals surface area contributed by atoms with Crippen LogP contribution in [0.1, 0.15) is 0 Å². The monoisotopic (exact) mass is 181 g/mol. The van der Waals surface area contributed by atoms with E-state index in [1.807, 2.05) is 4.90 Å². The van der Waals surface area contributed by atoms with Crippen LogP contribution in [0.25, 0.3) is 0 Å². The molecular formula is C8H11N3O2. The summed E-state index contributed by atoms with van der Waals surface area (Å²) >= 11 is 0. The summed E-state index contributed by atoms with van der Waals surface area (Å²) in [5, 5.41) is 3.21. The summed E-state index contributed by atoms with van der Waals surface area (Å²) in [6.07, 6.45) is 1.38. The molecule has 1 N–H and O–H groups in total. The van der Waals surface area contributed by atoms with Gasteiger partial charge >= 0.3 is 6.01 Å².